The second-order valence-electron chi connectivity index (χ2n) is 3.81. The summed E-state index contributed by atoms with van der Waals surface area (Å²) >= 11 is 3.21. The predicted molar refractivity (Wildman–Crippen MR) is 75.0 cm³/mol. The first-order chi connectivity index (χ1) is 9.10. The summed E-state index contributed by atoms with van der Waals surface area (Å²) < 4.78 is 19.2. The zero-order valence-corrected chi connectivity index (χ0v) is 11.7. The Morgan fingerprint density at radius 2 is 1.89 bits per heavy atom. The molecular weight excluding hydrogens is 313 g/mol. The minimum absolute atomic E-state index is 0.00908. The largest absolute Gasteiger partial charge is 0.497 e. The minimum atomic E-state index is -0.561. The SMILES string of the molecule is COc1ccc(NC(=O)c2cc(Br)ccc2F)cc1. The first-order valence-corrected chi connectivity index (χ1v) is 6.30. The molecule has 0 saturated heterocycles. The van der Waals surface area contributed by atoms with Crippen molar-refractivity contribution in [3.63, 3.8) is 0 Å². The van der Waals surface area contributed by atoms with Crippen molar-refractivity contribution in [3.8, 4) is 5.75 Å². The molecule has 0 unspecified atom stereocenters. The summed E-state index contributed by atoms with van der Waals surface area (Å²) in [6.07, 6.45) is 0. The molecule has 0 aliphatic heterocycles. The molecule has 1 amide bonds. The molecule has 0 fully saturated rings. The van der Waals surface area contributed by atoms with Gasteiger partial charge in [-0.3, -0.25) is 4.79 Å². The molecule has 0 aliphatic rings. The van der Waals surface area contributed by atoms with E-state index < -0.39 is 11.7 Å². The van der Waals surface area contributed by atoms with Crippen LogP contribution in [0.15, 0.2) is 46.9 Å². The number of carbonyl (C=O) groups excluding carboxylic acids is 1. The van der Waals surface area contributed by atoms with E-state index in [-0.39, 0.29) is 5.56 Å². The van der Waals surface area contributed by atoms with Crippen LogP contribution < -0.4 is 10.1 Å². The van der Waals surface area contributed by atoms with Crippen LogP contribution in [0.2, 0.25) is 0 Å². The quantitative estimate of drug-likeness (QED) is 0.931. The Labute approximate surface area is 118 Å². The molecule has 98 valence electrons. The van der Waals surface area contributed by atoms with E-state index in [1.165, 1.54) is 12.1 Å². The van der Waals surface area contributed by atoms with Crippen molar-refractivity contribution in [2.45, 2.75) is 0 Å². The molecule has 0 atom stereocenters. The van der Waals surface area contributed by atoms with Crippen LogP contribution in [-0.4, -0.2) is 13.0 Å². The maximum atomic E-state index is 13.5. The zero-order valence-electron chi connectivity index (χ0n) is 10.1. The molecule has 0 heterocycles. The Balaban J connectivity index is 2.18. The van der Waals surface area contributed by atoms with E-state index in [9.17, 15) is 9.18 Å². The lowest BCUT2D eigenvalue weighted by Crippen LogP contribution is -2.13. The van der Waals surface area contributed by atoms with Gasteiger partial charge in [-0.25, -0.2) is 4.39 Å². The van der Waals surface area contributed by atoms with Gasteiger partial charge in [-0.05, 0) is 42.5 Å². The van der Waals surface area contributed by atoms with Crippen LogP contribution in [0.4, 0.5) is 10.1 Å². The molecule has 1 N–H and O–H groups in total. The number of benzene rings is 2. The van der Waals surface area contributed by atoms with Crippen molar-refractivity contribution in [2.24, 2.45) is 0 Å². The lowest BCUT2D eigenvalue weighted by atomic mass is 10.2. The van der Waals surface area contributed by atoms with E-state index >= 15 is 0 Å². The van der Waals surface area contributed by atoms with Gasteiger partial charge in [0.1, 0.15) is 11.6 Å². The summed E-state index contributed by atoms with van der Waals surface area (Å²) in [6, 6.07) is 11.0. The lowest BCUT2D eigenvalue weighted by molar-refractivity contribution is 0.102. The summed E-state index contributed by atoms with van der Waals surface area (Å²) in [5.41, 5.74) is 0.565. The molecule has 19 heavy (non-hydrogen) atoms. The number of amides is 1. The Morgan fingerprint density at radius 3 is 2.53 bits per heavy atom. The fraction of sp³-hybridized carbons (Fsp3) is 0.0714. The van der Waals surface area contributed by atoms with Crippen LogP contribution in [0.25, 0.3) is 0 Å². The highest BCUT2D eigenvalue weighted by Crippen LogP contribution is 2.19. The van der Waals surface area contributed by atoms with Crippen molar-refractivity contribution < 1.29 is 13.9 Å². The van der Waals surface area contributed by atoms with E-state index in [1.807, 2.05) is 0 Å². The Bertz CT molecular complexity index is 599. The van der Waals surface area contributed by atoms with Crippen LogP contribution >= 0.6 is 15.9 Å². The van der Waals surface area contributed by atoms with E-state index in [2.05, 4.69) is 21.2 Å². The average Bonchev–Trinajstić information content (AvgIpc) is 2.42. The first-order valence-electron chi connectivity index (χ1n) is 5.50. The minimum Gasteiger partial charge on any atom is -0.497 e. The number of nitrogens with one attached hydrogen (secondary N) is 1. The molecule has 0 aliphatic carbocycles. The number of hydrogen-bond acceptors (Lipinski definition) is 2. The Hall–Kier alpha value is -1.88. The summed E-state index contributed by atoms with van der Waals surface area (Å²) in [5.74, 6) is -0.371. The topological polar surface area (TPSA) is 38.3 Å². The van der Waals surface area contributed by atoms with Gasteiger partial charge in [0.25, 0.3) is 5.91 Å². The molecule has 0 saturated carbocycles. The molecule has 0 bridgehead atoms. The monoisotopic (exact) mass is 323 g/mol. The van der Waals surface area contributed by atoms with Crippen molar-refractivity contribution in [1.29, 1.82) is 0 Å². The van der Waals surface area contributed by atoms with Gasteiger partial charge in [-0.1, -0.05) is 15.9 Å². The summed E-state index contributed by atoms with van der Waals surface area (Å²) in [6.45, 7) is 0. The fourth-order valence-corrected chi connectivity index (χ4v) is 1.91. The maximum absolute atomic E-state index is 13.5. The van der Waals surface area contributed by atoms with Crippen molar-refractivity contribution in [1.82, 2.24) is 0 Å². The van der Waals surface area contributed by atoms with Crippen molar-refractivity contribution in [3.05, 3.63) is 58.3 Å². The smallest absolute Gasteiger partial charge is 0.258 e. The highest BCUT2D eigenvalue weighted by Gasteiger charge is 2.12. The second kappa shape index (κ2) is 5.84. The summed E-state index contributed by atoms with van der Waals surface area (Å²) in [4.78, 5) is 11.9. The number of anilines is 1. The lowest BCUT2D eigenvalue weighted by Gasteiger charge is -2.07. The Kier molecular flexibility index (Phi) is 4.16. The van der Waals surface area contributed by atoms with Gasteiger partial charge in [-0.2, -0.15) is 0 Å². The molecule has 0 radical (unpaired) electrons. The van der Waals surface area contributed by atoms with Crippen LogP contribution in [-0.2, 0) is 0 Å². The molecule has 0 spiro atoms. The van der Waals surface area contributed by atoms with E-state index in [4.69, 9.17) is 4.74 Å². The van der Waals surface area contributed by atoms with E-state index in [0.29, 0.717) is 15.9 Å². The predicted octanol–water partition coefficient (Wildman–Crippen LogP) is 3.85. The fourth-order valence-electron chi connectivity index (χ4n) is 1.54. The first kappa shape index (κ1) is 13.5. The standard InChI is InChI=1S/C14H11BrFNO2/c1-19-11-5-3-10(4-6-11)17-14(18)12-8-9(15)2-7-13(12)16/h2-8H,1H3,(H,17,18). The number of halogens is 2. The molecule has 3 nitrogen and oxygen atoms in total. The van der Waals surface area contributed by atoms with Gasteiger partial charge >= 0.3 is 0 Å². The third-order valence-electron chi connectivity index (χ3n) is 2.52. The van der Waals surface area contributed by atoms with Crippen LogP contribution in [0.1, 0.15) is 10.4 Å². The number of carbonyl (C=O) groups is 1. The highest BCUT2D eigenvalue weighted by molar-refractivity contribution is 9.10. The zero-order chi connectivity index (χ0) is 13.8. The molecule has 0 aromatic heterocycles. The van der Waals surface area contributed by atoms with E-state index in [1.54, 1.807) is 37.4 Å². The summed E-state index contributed by atoms with van der Waals surface area (Å²) in [7, 11) is 1.56. The highest BCUT2D eigenvalue weighted by atomic mass is 79.9. The second-order valence-corrected chi connectivity index (χ2v) is 4.72. The molecule has 2 aromatic carbocycles. The van der Waals surface area contributed by atoms with Gasteiger partial charge in [0.15, 0.2) is 0 Å². The van der Waals surface area contributed by atoms with Crippen LogP contribution in [0, 0.1) is 5.82 Å². The third-order valence-corrected chi connectivity index (χ3v) is 3.01. The molecular formula is C14H11BrFNO2. The maximum Gasteiger partial charge on any atom is 0.258 e. The van der Waals surface area contributed by atoms with Crippen molar-refractivity contribution >= 4 is 27.5 Å². The van der Waals surface area contributed by atoms with Gasteiger partial charge in [-0.15, -0.1) is 0 Å². The number of rotatable bonds is 3. The molecule has 2 aromatic rings. The number of ether oxygens (including phenoxy) is 1. The van der Waals surface area contributed by atoms with Gasteiger partial charge in [0.2, 0.25) is 0 Å². The van der Waals surface area contributed by atoms with Crippen LogP contribution in [0.5, 0.6) is 5.75 Å². The van der Waals surface area contributed by atoms with Gasteiger partial charge in [0.05, 0.1) is 12.7 Å². The normalized spacial score (nSPS) is 10.1. The molecule has 2 rings (SSSR count). The number of methoxy groups -OCH3 is 1. The van der Waals surface area contributed by atoms with E-state index in [0.717, 1.165) is 0 Å². The summed E-state index contributed by atoms with van der Waals surface area (Å²) in [5, 5.41) is 2.62. The van der Waals surface area contributed by atoms with Crippen molar-refractivity contribution in [2.75, 3.05) is 12.4 Å². The van der Waals surface area contributed by atoms with Crippen LogP contribution in [0.3, 0.4) is 0 Å². The van der Waals surface area contributed by atoms with Gasteiger partial charge in [0, 0.05) is 10.2 Å². The Morgan fingerprint density at radius 1 is 1.21 bits per heavy atom. The van der Waals surface area contributed by atoms with Gasteiger partial charge < -0.3 is 10.1 Å². The average molecular weight is 324 g/mol. The third kappa shape index (κ3) is 3.32. The molecule has 5 heteroatoms. The number of hydrogen-bond donors (Lipinski definition) is 1.